The van der Waals surface area contributed by atoms with E-state index < -0.39 is 16.6 Å². The van der Waals surface area contributed by atoms with Crippen LogP contribution in [0, 0.1) is 45.6 Å². The van der Waals surface area contributed by atoms with Crippen molar-refractivity contribution in [3.63, 3.8) is 0 Å². The molecule has 5 aliphatic rings. The Kier molecular flexibility index (Phi) is 3.14. The average molecular weight is 368 g/mol. The van der Waals surface area contributed by atoms with E-state index in [0.29, 0.717) is 11.8 Å². The summed E-state index contributed by atoms with van der Waals surface area (Å²) in [6.45, 7) is 1.14. The molecule has 1 aromatic carbocycles. The minimum absolute atomic E-state index is 0.0850. The zero-order valence-electron chi connectivity index (χ0n) is 14.4. The van der Waals surface area contributed by atoms with Gasteiger partial charge in [0.2, 0.25) is 17.6 Å². The number of anilines is 1. The number of carbonyl (C=O) groups excluding carboxylic acids is 3. The predicted octanol–water partition coefficient (Wildman–Crippen LogP) is 2.08. The summed E-state index contributed by atoms with van der Waals surface area (Å²) in [4.78, 5) is 49.0. The van der Waals surface area contributed by atoms with Crippen LogP contribution in [-0.4, -0.2) is 22.7 Å². The Morgan fingerprint density at radius 3 is 2.26 bits per heavy atom. The van der Waals surface area contributed by atoms with Crippen LogP contribution >= 0.6 is 0 Å². The van der Waals surface area contributed by atoms with Gasteiger partial charge in [-0.2, -0.15) is 0 Å². The van der Waals surface area contributed by atoms with Crippen molar-refractivity contribution in [3.8, 4) is 5.75 Å². The van der Waals surface area contributed by atoms with Crippen LogP contribution in [0.2, 0.25) is 0 Å². The minimum atomic E-state index is -0.694. The number of benzene rings is 1. The van der Waals surface area contributed by atoms with Crippen LogP contribution in [0.5, 0.6) is 5.75 Å². The lowest BCUT2D eigenvalue weighted by Crippen LogP contribution is -2.40. The number of hydrogen-bond acceptors (Lipinski definition) is 6. The third-order valence-corrected chi connectivity index (χ3v) is 6.31. The third-order valence-electron chi connectivity index (χ3n) is 6.31. The predicted molar refractivity (Wildman–Crippen MR) is 91.6 cm³/mol. The summed E-state index contributed by atoms with van der Waals surface area (Å²) in [5.41, 5.74) is -0.308. The van der Waals surface area contributed by atoms with Crippen molar-refractivity contribution in [3.05, 3.63) is 40.5 Å². The average Bonchev–Trinajstić information content (AvgIpc) is 3.39. The fourth-order valence-electron chi connectivity index (χ4n) is 5.24. The van der Waals surface area contributed by atoms with E-state index in [0.717, 1.165) is 24.3 Å². The van der Waals surface area contributed by atoms with Crippen LogP contribution in [-0.2, 0) is 14.4 Å². The summed E-state index contributed by atoms with van der Waals surface area (Å²) in [7, 11) is 0. The molecule has 1 heterocycles. The molecular formula is C19H16N2O6. The molecule has 8 nitrogen and oxygen atoms in total. The van der Waals surface area contributed by atoms with Crippen LogP contribution < -0.4 is 9.64 Å². The summed E-state index contributed by atoms with van der Waals surface area (Å²) in [6.07, 6.45) is 5.21. The highest BCUT2D eigenvalue weighted by atomic mass is 16.6. The molecule has 0 aromatic heterocycles. The molecule has 6 rings (SSSR count). The molecule has 8 heteroatoms. The van der Waals surface area contributed by atoms with E-state index in [4.69, 9.17) is 4.74 Å². The fraction of sp³-hybridized carbons (Fsp3) is 0.421. The van der Waals surface area contributed by atoms with Crippen LogP contribution in [0.1, 0.15) is 13.3 Å². The molecule has 4 aliphatic carbocycles. The van der Waals surface area contributed by atoms with E-state index in [-0.39, 0.29) is 46.9 Å². The largest absolute Gasteiger partial charge is 0.419 e. The van der Waals surface area contributed by atoms with E-state index in [9.17, 15) is 24.5 Å². The van der Waals surface area contributed by atoms with Gasteiger partial charge in [-0.25, -0.2) is 4.90 Å². The fourth-order valence-corrected chi connectivity index (χ4v) is 5.24. The number of nitro groups is 1. The quantitative estimate of drug-likeness (QED) is 0.202. The number of ether oxygens (including phenoxy) is 1. The Balaban J connectivity index is 1.53. The first-order valence-corrected chi connectivity index (χ1v) is 8.91. The summed E-state index contributed by atoms with van der Waals surface area (Å²) >= 11 is 0. The number of imide groups is 1. The highest BCUT2D eigenvalue weighted by Gasteiger charge is 2.67. The lowest BCUT2D eigenvalue weighted by molar-refractivity contribution is -0.385. The van der Waals surface area contributed by atoms with Crippen molar-refractivity contribution in [1.82, 2.24) is 0 Å². The molecule has 2 bridgehead atoms. The van der Waals surface area contributed by atoms with Gasteiger partial charge in [0.25, 0.3) is 0 Å². The van der Waals surface area contributed by atoms with Crippen LogP contribution in [0.25, 0.3) is 0 Å². The number of allylic oxidation sites excluding steroid dienone is 2. The molecule has 2 amide bonds. The first-order valence-electron chi connectivity index (χ1n) is 8.91. The summed E-state index contributed by atoms with van der Waals surface area (Å²) < 4.78 is 4.86. The van der Waals surface area contributed by atoms with E-state index in [1.807, 2.05) is 0 Å². The van der Waals surface area contributed by atoms with Gasteiger partial charge in [-0.3, -0.25) is 24.5 Å². The molecule has 2 saturated carbocycles. The standard InChI is InChI=1S/C19H16N2O6/c1-8(22)27-15-5-2-9(6-14(15)21(25)26)20-18(23)16-10-3-4-11(13-7-12(10)13)17(16)19(20)24/h2-6,10-13,16-17H,7H2,1H3/t10-,11-,12-,13+,16+,17+/m1/s1. The lowest BCUT2D eigenvalue weighted by atomic mass is 9.63. The van der Waals surface area contributed by atoms with Gasteiger partial charge in [0.05, 0.1) is 22.4 Å². The second kappa shape index (κ2) is 5.25. The molecule has 3 fully saturated rings. The summed E-state index contributed by atoms with van der Waals surface area (Å²) in [5.74, 6) is -1.08. The molecule has 138 valence electrons. The van der Waals surface area contributed by atoms with Crippen molar-refractivity contribution in [1.29, 1.82) is 0 Å². The van der Waals surface area contributed by atoms with E-state index in [2.05, 4.69) is 12.2 Å². The Labute approximate surface area is 153 Å². The van der Waals surface area contributed by atoms with Gasteiger partial charge < -0.3 is 4.74 Å². The number of esters is 1. The molecule has 0 unspecified atom stereocenters. The van der Waals surface area contributed by atoms with Gasteiger partial charge in [-0.05, 0) is 42.2 Å². The number of amides is 2. The molecule has 6 atom stereocenters. The molecule has 1 saturated heterocycles. The molecule has 0 N–H and O–H groups in total. The third kappa shape index (κ3) is 2.12. The van der Waals surface area contributed by atoms with Crippen molar-refractivity contribution in [2.75, 3.05) is 4.90 Å². The first-order chi connectivity index (χ1) is 12.9. The van der Waals surface area contributed by atoms with Crippen molar-refractivity contribution in [2.24, 2.45) is 35.5 Å². The van der Waals surface area contributed by atoms with Gasteiger partial charge in [0.15, 0.2) is 0 Å². The van der Waals surface area contributed by atoms with Crippen LogP contribution in [0.3, 0.4) is 0 Å². The molecular weight excluding hydrogens is 352 g/mol. The summed E-state index contributed by atoms with van der Waals surface area (Å²) in [6, 6.07) is 3.79. The molecule has 0 spiro atoms. The van der Waals surface area contributed by atoms with E-state index >= 15 is 0 Å². The Morgan fingerprint density at radius 2 is 1.74 bits per heavy atom. The van der Waals surface area contributed by atoms with Gasteiger partial charge in [-0.1, -0.05) is 12.2 Å². The molecule has 1 aromatic rings. The van der Waals surface area contributed by atoms with Crippen LogP contribution in [0.15, 0.2) is 30.4 Å². The van der Waals surface area contributed by atoms with Crippen molar-refractivity contribution >= 4 is 29.2 Å². The van der Waals surface area contributed by atoms with Gasteiger partial charge in [-0.15, -0.1) is 0 Å². The van der Waals surface area contributed by atoms with Crippen LogP contribution in [0.4, 0.5) is 11.4 Å². The minimum Gasteiger partial charge on any atom is -0.419 e. The summed E-state index contributed by atoms with van der Waals surface area (Å²) in [5, 5.41) is 11.4. The second-order valence-electron chi connectivity index (χ2n) is 7.67. The number of nitro benzene ring substituents is 1. The molecule has 27 heavy (non-hydrogen) atoms. The van der Waals surface area contributed by atoms with Crippen molar-refractivity contribution in [2.45, 2.75) is 13.3 Å². The van der Waals surface area contributed by atoms with Crippen molar-refractivity contribution < 1.29 is 24.0 Å². The Morgan fingerprint density at radius 1 is 1.15 bits per heavy atom. The lowest BCUT2D eigenvalue weighted by Gasteiger charge is -2.37. The topological polar surface area (TPSA) is 107 Å². The first kappa shape index (κ1) is 16.2. The maximum Gasteiger partial charge on any atom is 0.313 e. The number of nitrogens with zero attached hydrogens (tertiary/aromatic N) is 2. The van der Waals surface area contributed by atoms with Gasteiger partial charge >= 0.3 is 11.7 Å². The zero-order valence-corrected chi connectivity index (χ0v) is 14.4. The monoisotopic (exact) mass is 368 g/mol. The molecule has 1 aliphatic heterocycles. The highest BCUT2D eigenvalue weighted by molar-refractivity contribution is 6.22. The second-order valence-corrected chi connectivity index (χ2v) is 7.67. The number of carbonyl (C=O) groups is 3. The van der Waals surface area contributed by atoms with Gasteiger partial charge in [0.1, 0.15) is 0 Å². The Hall–Kier alpha value is -3.03. The maximum atomic E-state index is 13.1. The maximum absolute atomic E-state index is 13.1. The molecule has 0 radical (unpaired) electrons. The number of rotatable bonds is 3. The zero-order chi connectivity index (χ0) is 19.0. The van der Waals surface area contributed by atoms with E-state index in [1.165, 1.54) is 12.1 Å². The highest BCUT2D eigenvalue weighted by Crippen LogP contribution is 2.65. The van der Waals surface area contributed by atoms with E-state index in [1.54, 1.807) is 0 Å². The Bertz CT molecular complexity index is 918. The normalized spacial score (nSPS) is 35.1. The SMILES string of the molecule is CC(=O)Oc1ccc(N2C(=O)[C@H]3[C@@H]4C=C[C@H]([C@@H]5C[C@H]45)[C@@H]3C2=O)cc1[N+](=O)[O-]. The number of hydrogen-bond donors (Lipinski definition) is 0. The smallest absolute Gasteiger partial charge is 0.313 e. The van der Waals surface area contributed by atoms with Gasteiger partial charge in [0, 0.05) is 13.0 Å².